The molecule has 3 nitrogen and oxygen atoms in total. The Bertz CT molecular complexity index is 629. The van der Waals surface area contributed by atoms with E-state index in [-0.39, 0.29) is 5.91 Å². The van der Waals surface area contributed by atoms with Crippen LogP contribution in [0.2, 0.25) is 0 Å². The molecule has 0 bridgehead atoms. The lowest BCUT2D eigenvalue weighted by Crippen LogP contribution is -2.16. The summed E-state index contributed by atoms with van der Waals surface area (Å²) < 4.78 is 1.75. The zero-order valence-electron chi connectivity index (χ0n) is 10.7. The van der Waals surface area contributed by atoms with Crippen molar-refractivity contribution in [3.63, 3.8) is 0 Å². The van der Waals surface area contributed by atoms with Crippen molar-refractivity contribution in [2.24, 2.45) is 5.73 Å². The minimum absolute atomic E-state index is 0.132. The van der Waals surface area contributed by atoms with Crippen molar-refractivity contribution in [2.45, 2.75) is 6.42 Å². The second kappa shape index (κ2) is 7.02. The van der Waals surface area contributed by atoms with Crippen LogP contribution >= 0.6 is 31.9 Å². The van der Waals surface area contributed by atoms with Crippen LogP contribution in [0.3, 0.4) is 0 Å². The Morgan fingerprint density at radius 1 is 1.15 bits per heavy atom. The highest BCUT2D eigenvalue weighted by molar-refractivity contribution is 9.11. The minimum atomic E-state index is -0.132. The van der Waals surface area contributed by atoms with E-state index in [0.29, 0.717) is 18.5 Å². The van der Waals surface area contributed by atoms with Crippen LogP contribution in [0.4, 0.5) is 5.69 Å². The van der Waals surface area contributed by atoms with Crippen LogP contribution in [-0.4, -0.2) is 12.5 Å². The van der Waals surface area contributed by atoms with Gasteiger partial charge in [0.05, 0.1) is 5.69 Å². The monoisotopic (exact) mass is 396 g/mol. The van der Waals surface area contributed by atoms with Crippen LogP contribution in [-0.2, 0) is 6.42 Å². The summed E-state index contributed by atoms with van der Waals surface area (Å²) in [6.07, 6.45) is 0.684. The van der Waals surface area contributed by atoms with Crippen LogP contribution < -0.4 is 11.1 Å². The molecule has 104 valence electrons. The first-order valence-corrected chi connectivity index (χ1v) is 7.75. The van der Waals surface area contributed by atoms with E-state index in [1.807, 2.05) is 42.5 Å². The number of carbonyl (C=O) groups is 1. The number of benzene rings is 2. The molecule has 20 heavy (non-hydrogen) atoms. The highest BCUT2D eigenvalue weighted by Gasteiger charge is 2.12. The molecule has 2 rings (SSSR count). The summed E-state index contributed by atoms with van der Waals surface area (Å²) in [5.74, 6) is -0.132. The van der Waals surface area contributed by atoms with Crippen molar-refractivity contribution in [1.29, 1.82) is 0 Å². The molecule has 0 saturated heterocycles. The number of amides is 1. The maximum Gasteiger partial charge on any atom is 0.255 e. The lowest BCUT2D eigenvalue weighted by molar-refractivity contribution is 0.102. The highest BCUT2D eigenvalue weighted by Crippen LogP contribution is 2.26. The van der Waals surface area contributed by atoms with Crippen molar-refractivity contribution in [1.82, 2.24) is 0 Å². The van der Waals surface area contributed by atoms with Crippen LogP contribution in [0, 0.1) is 0 Å². The average Bonchev–Trinajstić information content (AvgIpc) is 2.44. The van der Waals surface area contributed by atoms with Gasteiger partial charge in [-0.05, 0) is 58.7 Å². The van der Waals surface area contributed by atoms with E-state index < -0.39 is 0 Å². The summed E-state index contributed by atoms with van der Waals surface area (Å²) in [6.45, 7) is 0.519. The molecule has 0 spiro atoms. The van der Waals surface area contributed by atoms with Crippen molar-refractivity contribution in [2.75, 3.05) is 11.9 Å². The van der Waals surface area contributed by atoms with Gasteiger partial charge in [0.25, 0.3) is 5.91 Å². The van der Waals surface area contributed by atoms with Crippen LogP contribution in [0.5, 0.6) is 0 Å². The van der Waals surface area contributed by atoms with Crippen LogP contribution in [0.1, 0.15) is 15.9 Å². The molecule has 1 amide bonds. The molecule has 0 aromatic heterocycles. The Labute approximate surface area is 134 Å². The first-order valence-electron chi connectivity index (χ1n) is 6.16. The fraction of sp³-hybridized carbons (Fsp3) is 0.133. The lowest BCUT2D eigenvalue weighted by atomic mass is 10.0. The van der Waals surface area contributed by atoms with E-state index in [1.54, 1.807) is 0 Å². The Kier molecular flexibility index (Phi) is 5.34. The Morgan fingerprint density at radius 3 is 2.65 bits per heavy atom. The molecule has 5 heteroatoms. The van der Waals surface area contributed by atoms with Gasteiger partial charge in [0.1, 0.15) is 0 Å². The number of nitrogens with two attached hydrogens (primary N) is 1. The van der Waals surface area contributed by atoms with Gasteiger partial charge in [-0.25, -0.2) is 0 Å². The number of halogens is 2. The van der Waals surface area contributed by atoms with Crippen molar-refractivity contribution in [3.05, 3.63) is 62.5 Å². The number of anilines is 1. The van der Waals surface area contributed by atoms with Crippen molar-refractivity contribution in [3.8, 4) is 0 Å². The molecule has 0 saturated carbocycles. The van der Waals surface area contributed by atoms with Crippen LogP contribution in [0.15, 0.2) is 51.4 Å². The lowest BCUT2D eigenvalue weighted by Gasteiger charge is -2.11. The van der Waals surface area contributed by atoms with Crippen molar-refractivity contribution >= 4 is 43.5 Å². The molecule has 0 unspecified atom stereocenters. The summed E-state index contributed by atoms with van der Waals surface area (Å²) in [6, 6.07) is 13.1. The third-order valence-corrected chi connectivity index (χ3v) is 4.04. The van der Waals surface area contributed by atoms with Crippen molar-refractivity contribution < 1.29 is 4.79 Å². The minimum Gasteiger partial charge on any atom is -0.330 e. The molecule has 0 fully saturated rings. The van der Waals surface area contributed by atoms with E-state index in [2.05, 4.69) is 37.2 Å². The first-order chi connectivity index (χ1) is 9.61. The van der Waals surface area contributed by atoms with E-state index >= 15 is 0 Å². The number of rotatable bonds is 4. The van der Waals surface area contributed by atoms with Gasteiger partial charge in [0.15, 0.2) is 0 Å². The molecule has 0 radical (unpaired) electrons. The highest BCUT2D eigenvalue weighted by atomic mass is 79.9. The molecule has 0 aliphatic rings. The molecule has 0 heterocycles. The smallest absolute Gasteiger partial charge is 0.255 e. The number of hydrogen-bond acceptors (Lipinski definition) is 2. The van der Waals surface area contributed by atoms with Gasteiger partial charge in [-0.1, -0.05) is 34.1 Å². The molecular weight excluding hydrogens is 384 g/mol. The first kappa shape index (κ1) is 15.2. The maximum atomic E-state index is 12.4. The maximum absolute atomic E-state index is 12.4. The number of carbonyl (C=O) groups excluding carboxylic acids is 1. The molecular formula is C15H14Br2N2O. The van der Waals surface area contributed by atoms with E-state index in [9.17, 15) is 4.79 Å². The summed E-state index contributed by atoms with van der Waals surface area (Å²) in [5, 5.41) is 2.91. The van der Waals surface area contributed by atoms with Gasteiger partial charge in [-0.15, -0.1) is 0 Å². The Morgan fingerprint density at radius 2 is 1.90 bits per heavy atom. The molecule has 0 aliphatic heterocycles. The summed E-state index contributed by atoms with van der Waals surface area (Å²) >= 11 is 6.82. The van der Waals surface area contributed by atoms with Gasteiger partial charge in [0, 0.05) is 14.5 Å². The molecule has 0 aliphatic carbocycles. The zero-order valence-corrected chi connectivity index (χ0v) is 13.9. The molecule has 3 N–H and O–H groups in total. The van der Waals surface area contributed by atoms with E-state index in [1.165, 1.54) is 0 Å². The predicted molar refractivity (Wildman–Crippen MR) is 89.0 cm³/mol. The zero-order chi connectivity index (χ0) is 14.5. The summed E-state index contributed by atoms with van der Waals surface area (Å²) in [4.78, 5) is 12.4. The summed E-state index contributed by atoms with van der Waals surface area (Å²) in [5.41, 5.74) is 7.92. The normalized spacial score (nSPS) is 10.3. The fourth-order valence-electron chi connectivity index (χ4n) is 1.90. The molecule has 2 aromatic rings. The van der Waals surface area contributed by atoms with E-state index in [0.717, 1.165) is 20.2 Å². The number of hydrogen-bond donors (Lipinski definition) is 2. The SMILES string of the molecule is NCCc1ccccc1C(=O)Nc1cc(Br)ccc1Br. The fourth-order valence-corrected chi connectivity index (χ4v) is 2.61. The quantitative estimate of drug-likeness (QED) is 0.820. The Hall–Kier alpha value is -1.17. The molecule has 0 atom stereocenters. The second-order valence-corrected chi connectivity index (χ2v) is 6.04. The van der Waals surface area contributed by atoms with Gasteiger partial charge in [-0.2, -0.15) is 0 Å². The predicted octanol–water partition coefficient (Wildman–Crippen LogP) is 3.97. The van der Waals surface area contributed by atoms with Crippen LogP contribution in [0.25, 0.3) is 0 Å². The summed E-state index contributed by atoms with van der Waals surface area (Å²) in [7, 11) is 0. The second-order valence-electron chi connectivity index (χ2n) is 4.27. The average molecular weight is 398 g/mol. The third kappa shape index (κ3) is 3.69. The van der Waals surface area contributed by atoms with Gasteiger partial charge in [0.2, 0.25) is 0 Å². The van der Waals surface area contributed by atoms with Gasteiger partial charge >= 0.3 is 0 Å². The van der Waals surface area contributed by atoms with Gasteiger partial charge in [-0.3, -0.25) is 4.79 Å². The third-order valence-electron chi connectivity index (χ3n) is 2.85. The standard InChI is InChI=1S/C15H14Br2N2O/c16-11-5-6-13(17)14(9-11)19-15(20)12-4-2-1-3-10(12)7-8-18/h1-6,9H,7-8,18H2,(H,19,20). The van der Waals surface area contributed by atoms with Gasteiger partial charge < -0.3 is 11.1 Å². The largest absolute Gasteiger partial charge is 0.330 e. The number of nitrogens with one attached hydrogen (secondary N) is 1. The topological polar surface area (TPSA) is 55.1 Å². The molecule has 2 aromatic carbocycles. The van der Waals surface area contributed by atoms with E-state index in [4.69, 9.17) is 5.73 Å². The Balaban J connectivity index is 2.26.